The maximum atomic E-state index is 13.3. The lowest BCUT2D eigenvalue weighted by molar-refractivity contribution is -0.293. The van der Waals surface area contributed by atoms with E-state index in [-0.39, 0.29) is 71.0 Å². The third-order valence-corrected chi connectivity index (χ3v) is 10.5. The number of esters is 1. The van der Waals surface area contributed by atoms with Crippen LogP contribution >= 0.6 is 23.2 Å². The number of methoxy groups -OCH3 is 1. The van der Waals surface area contributed by atoms with Gasteiger partial charge in [-0.05, 0) is 49.9 Å². The monoisotopic (exact) mass is 891 g/mol. The number of imidazole rings is 1. The van der Waals surface area contributed by atoms with E-state index in [0.717, 1.165) is 16.7 Å². The number of hydrogen-bond acceptors (Lipinski definition) is 15. The van der Waals surface area contributed by atoms with Gasteiger partial charge in [-0.1, -0.05) is 40.5 Å². The highest BCUT2D eigenvalue weighted by Crippen LogP contribution is 2.39. The van der Waals surface area contributed by atoms with Crippen LogP contribution in [0.1, 0.15) is 59.5 Å². The first-order chi connectivity index (χ1) is 29.2. The number of aliphatic carboxylic acids is 1. The summed E-state index contributed by atoms with van der Waals surface area (Å²) in [5, 5.41) is 52.1. The number of halogens is 2. The molecule has 0 radical (unpaired) electrons. The van der Waals surface area contributed by atoms with Gasteiger partial charge in [0.2, 0.25) is 11.8 Å². The number of para-hydroxylation sites is 2. The van der Waals surface area contributed by atoms with Crippen LogP contribution in [0.2, 0.25) is 10.0 Å². The SMILES string of the molecule is CO[C@H]1O[C@H](CO)[C@@H](O)[C@H](O)[C@H]1OC(=O)c1cc(Cl)c(OCc2nc3ccccc3n2CCCc2cn(CCCC(=O)NCC(=O)CCC(=O)NCC(=O)O)nn2)c(Cl)c1C. The van der Waals surface area contributed by atoms with Crippen LogP contribution in [-0.4, -0.2) is 132 Å². The highest BCUT2D eigenvalue weighted by atomic mass is 35.5. The third-order valence-electron chi connectivity index (χ3n) is 9.76. The molecule has 22 heteroatoms. The standard InChI is InChI=1S/C39H47Cl2N7O13/c1-21-24(38(57)61-37-35(56)34(55)28(19-49)60-39(37)58-2)15-25(40)36(33(21)41)59-20-29-44-26-8-3-4-9-27(26)48(29)14-5-7-22-18-47(46-45-22)13-6-10-30(51)42-16-23(50)11-12-31(52)43-17-32(53)54/h3-4,8-9,15,18,28,34-35,37,39,49,55-56H,5-7,10-14,16-17,19-20H2,1-2H3,(H,42,51)(H,43,52)(H,53,54)/t28-,34-,35+,37-,39+/m1/s1. The zero-order chi connectivity index (χ0) is 44.2. The van der Waals surface area contributed by atoms with Crippen molar-refractivity contribution in [1.82, 2.24) is 35.2 Å². The minimum Gasteiger partial charge on any atom is -0.483 e. The van der Waals surface area contributed by atoms with Crippen molar-refractivity contribution in [3.8, 4) is 5.75 Å². The molecule has 2 amide bonds. The Kier molecular flexibility index (Phi) is 16.9. The predicted molar refractivity (Wildman–Crippen MR) is 215 cm³/mol. The van der Waals surface area contributed by atoms with Crippen molar-refractivity contribution in [3.63, 3.8) is 0 Å². The lowest BCUT2D eigenvalue weighted by Crippen LogP contribution is -2.60. The summed E-state index contributed by atoms with van der Waals surface area (Å²) in [5.41, 5.74) is 2.60. The maximum Gasteiger partial charge on any atom is 0.339 e. The number of ether oxygens (including phenoxy) is 4. The van der Waals surface area contributed by atoms with Crippen molar-refractivity contribution < 1.29 is 63.3 Å². The number of benzene rings is 2. The van der Waals surface area contributed by atoms with E-state index in [1.165, 1.54) is 13.2 Å². The number of aromatic nitrogens is 5. The molecule has 330 valence electrons. The van der Waals surface area contributed by atoms with Crippen LogP contribution in [0.5, 0.6) is 5.75 Å². The zero-order valence-electron chi connectivity index (χ0n) is 33.3. The number of ketones is 1. The van der Waals surface area contributed by atoms with Gasteiger partial charge in [0.25, 0.3) is 0 Å². The molecule has 0 saturated carbocycles. The summed E-state index contributed by atoms with van der Waals surface area (Å²) < 4.78 is 25.9. The molecule has 5 atom stereocenters. The van der Waals surface area contributed by atoms with Gasteiger partial charge in [0.1, 0.15) is 37.3 Å². The summed E-state index contributed by atoms with van der Waals surface area (Å²) in [6, 6.07) is 8.91. The number of carboxylic acids is 1. The number of aryl methyl sites for hydroxylation is 3. The molecule has 0 spiro atoms. The summed E-state index contributed by atoms with van der Waals surface area (Å²) >= 11 is 13.3. The highest BCUT2D eigenvalue weighted by molar-refractivity contribution is 6.38. The van der Waals surface area contributed by atoms with Crippen molar-refractivity contribution in [2.45, 2.75) is 95.9 Å². The van der Waals surface area contributed by atoms with Crippen LogP contribution in [0.4, 0.5) is 0 Å². The Morgan fingerprint density at radius 3 is 2.44 bits per heavy atom. The molecule has 0 unspecified atom stereocenters. The van der Waals surface area contributed by atoms with Crippen LogP contribution < -0.4 is 15.4 Å². The van der Waals surface area contributed by atoms with Crippen molar-refractivity contribution >= 4 is 63.8 Å². The van der Waals surface area contributed by atoms with Gasteiger partial charge >= 0.3 is 11.9 Å². The second-order valence-corrected chi connectivity index (χ2v) is 14.9. The van der Waals surface area contributed by atoms with Crippen molar-refractivity contribution in [1.29, 1.82) is 0 Å². The molecule has 2 aromatic heterocycles. The van der Waals surface area contributed by atoms with Crippen molar-refractivity contribution in [3.05, 3.63) is 69.2 Å². The molecule has 1 aliphatic rings. The van der Waals surface area contributed by atoms with Gasteiger partial charge < -0.3 is 54.6 Å². The number of aliphatic hydroxyl groups is 3. The summed E-state index contributed by atoms with van der Waals surface area (Å²) in [4.78, 5) is 64.4. The normalized spacial score (nSPS) is 18.8. The molecule has 0 aliphatic carbocycles. The first-order valence-corrected chi connectivity index (χ1v) is 20.0. The molecular weight excluding hydrogens is 845 g/mol. The number of carbonyl (C=O) groups excluding carboxylic acids is 4. The summed E-state index contributed by atoms with van der Waals surface area (Å²) in [6.07, 6.45) is -3.70. The Labute approximate surface area is 359 Å². The topological polar surface area (TPSA) is 276 Å². The number of Topliss-reactive ketones (excluding diaryl/α,β-unsaturated/α-hetero) is 1. The molecule has 1 aliphatic heterocycles. The average molecular weight is 893 g/mol. The molecular formula is C39H47Cl2N7O13. The molecule has 61 heavy (non-hydrogen) atoms. The minimum absolute atomic E-state index is 0.00291. The van der Waals surface area contributed by atoms with E-state index >= 15 is 0 Å². The van der Waals surface area contributed by atoms with Gasteiger partial charge in [-0.25, -0.2) is 9.78 Å². The number of rotatable bonds is 22. The van der Waals surface area contributed by atoms with E-state index < -0.39 is 61.7 Å². The Morgan fingerprint density at radius 2 is 1.70 bits per heavy atom. The predicted octanol–water partition coefficient (Wildman–Crippen LogP) is 1.51. The summed E-state index contributed by atoms with van der Waals surface area (Å²) in [6.45, 7) is 1.13. The van der Waals surface area contributed by atoms with Crippen molar-refractivity contribution in [2.24, 2.45) is 0 Å². The first-order valence-electron chi connectivity index (χ1n) is 19.3. The number of hydrogen-bond donors (Lipinski definition) is 6. The molecule has 5 rings (SSSR count). The smallest absolute Gasteiger partial charge is 0.339 e. The number of fused-ring (bicyclic) bond motifs is 1. The van der Waals surface area contributed by atoms with Gasteiger partial charge in [0.05, 0.1) is 45.5 Å². The Hall–Kier alpha value is -5.22. The molecule has 20 nitrogen and oxygen atoms in total. The lowest BCUT2D eigenvalue weighted by atomic mass is 9.99. The average Bonchev–Trinajstić information content (AvgIpc) is 3.85. The highest BCUT2D eigenvalue weighted by Gasteiger charge is 2.47. The second kappa shape index (κ2) is 22.0. The lowest BCUT2D eigenvalue weighted by Gasteiger charge is -2.40. The molecule has 1 saturated heterocycles. The fourth-order valence-electron chi connectivity index (χ4n) is 6.49. The van der Waals surface area contributed by atoms with Crippen LogP contribution in [-0.2, 0) is 59.5 Å². The summed E-state index contributed by atoms with van der Waals surface area (Å²) in [5.74, 6) is -2.67. The van der Waals surface area contributed by atoms with Gasteiger partial charge in [-0.3, -0.25) is 23.9 Å². The zero-order valence-corrected chi connectivity index (χ0v) is 34.8. The van der Waals surface area contributed by atoms with Crippen LogP contribution in [0.15, 0.2) is 36.5 Å². The maximum absolute atomic E-state index is 13.3. The van der Waals surface area contributed by atoms with Crippen LogP contribution in [0.3, 0.4) is 0 Å². The number of nitrogens with zero attached hydrogens (tertiary/aromatic N) is 5. The van der Waals surface area contributed by atoms with Gasteiger partial charge in [0, 0.05) is 45.7 Å². The summed E-state index contributed by atoms with van der Waals surface area (Å²) in [7, 11) is 1.26. The molecule has 2 aromatic carbocycles. The van der Waals surface area contributed by atoms with Gasteiger partial charge in [-0.2, -0.15) is 0 Å². The van der Waals surface area contributed by atoms with E-state index in [1.807, 2.05) is 28.8 Å². The molecule has 0 bridgehead atoms. The quantitative estimate of drug-likeness (QED) is 0.0610. The van der Waals surface area contributed by atoms with E-state index in [1.54, 1.807) is 17.8 Å². The number of carbonyl (C=O) groups is 5. The fraction of sp³-hybridized carbons (Fsp3) is 0.487. The number of aliphatic hydroxyl groups excluding tert-OH is 3. The largest absolute Gasteiger partial charge is 0.483 e. The Morgan fingerprint density at radius 1 is 0.967 bits per heavy atom. The van der Waals surface area contributed by atoms with E-state index in [9.17, 15) is 39.3 Å². The van der Waals surface area contributed by atoms with Crippen molar-refractivity contribution in [2.75, 3.05) is 26.8 Å². The molecule has 3 heterocycles. The van der Waals surface area contributed by atoms with Crippen LogP contribution in [0, 0.1) is 6.92 Å². The Bertz CT molecular complexity index is 2200. The number of carboxylic acid groups (broad SMARTS) is 1. The Balaban J connectivity index is 1.12. The van der Waals surface area contributed by atoms with Crippen LogP contribution in [0.25, 0.3) is 11.0 Å². The first kappa shape index (κ1) is 46.8. The van der Waals surface area contributed by atoms with Gasteiger partial charge in [-0.15, -0.1) is 5.10 Å². The van der Waals surface area contributed by atoms with E-state index in [2.05, 4.69) is 20.9 Å². The minimum atomic E-state index is -1.62. The van der Waals surface area contributed by atoms with E-state index in [4.69, 9.17) is 52.2 Å². The second-order valence-electron chi connectivity index (χ2n) is 14.1. The fourth-order valence-corrected chi connectivity index (χ4v) is 7.05. The third kappa shape index (κ3) is 12.4. The number of nitrogens with one attached hydrogen (secondary N) is 2. The molecule has 4 aromatic rings. The van der Waals surface area contributed by atoms with Gasteiger partial charge in [0.15, 0.2) is 23.9 Å². The molecule has 6 N–H and O–H groups in total. The number of amides is 2. The van der Waals surface area contributed by atoms with E-state index in [0.29, 0.717) is 38.2 Å². The molecule has 1 fully saturated rings.